The van der Waals surface area contributed by atoms with Crippen molar-refractivity contribution < 1.29 is 27.4 Å². The summed E-state index contributed by atoms with van der Waals surface area (Å²) in [6.45, 7) is 0.249. The van der Waals surface area contributed by atoms with Crippen molar-refractivity contribution in [3.05, 3.63) is 53.1 Å². The van der Waals surface area contributed by atoms with E-state index in [1.165, 1.54) is 6.07 Å². The molecule has 26 heavy (non-hydrogen) atoms. The van der Waals surface area contributed by atoms with Crippen LogP contribution < -0.4 is 20.1 Å². The molecule has 0 aromatic heterocycles. The second-order valence-electron chi connectivity index (χ2n) is 5.09. The van der Waals surface area contributed by atoms with E-state index in [1.54, 1.807) is 31.4 Å². The van der Waals surface area contributed by atoms with E-state index in [1.807, 2.05) is 0 Å². The average Bonchev–Trinajstić information content (AvgIpc) is 2.60. The van der Waals surface area contributed by atoms with Gasteiger partial charge in [0.1, 0.15) is 18.1 Å². The molecule has 0 saturated carbocycles. The van der Waals surface area contributed by atoms with E-state index in [2.05, 4.69) is 10.6 Å². The molecule has 2 amide bonds. The normalized spacial score (nSPS) is 11.0. The fraction of sp³-hybridized carbons (Fsp3) is 0.235. The number of carbonyl (C=O) groups is 1. The van der Waals surface area contributed by atoms with Crippen LogP contribution in [0.2, 0.25) is 5.02 Å². The highest BCUT2D eigenvalue weighted by Crippen LogP contribution is 2.36. The quantitative estimate of drug-likeness (QED) is 0.713. The van der Waals surface area contributed by atoms with E-state index in [4.69, 9.17) is 21.1 Å². The summed E-state index contributed by atoms with van der Waals surface area (Å²) >= 11 is 5.59. The number of ether oxygens (including phenoxy) is 2. The molecule has 0 aliphatic heterocycles. The molecule has 0 saturated heterocycles. The van der Waals surface area contributed by atoms with Gasteiger partial charge in [-0.25, -0.2) is 4.79 Å². The average molecular weight is 389 g/mol. The molecule has 0 radical (unpaired) electrons. The van der Waals surface area contributed by atoms with E-state index in [-0.39, 0.29) is 23.9 Å². The Balaban J connectivity index is 1.83. The van der Waals surface area contributed by atoms with Crippen molar-refractivity contribution in [2.24, 2.45) is 0 Å². The van der Waals surface area contributed by atoms with Gasteiger partial charge in [-0.15, -0.1) is 0 Å². The molecule has 2 aromatic carbocycles. The van der Waals surface area contributed by atoms with Gasteiger partial charge in [0.25, 0.3) is 0 Å². The first kappa shape index (κ1) is 19.7. The first-order chi connectivity index (χ1) is 12.3. The molecule has 2 rings (SSSR count). The highest BCUT2D eigenvalue weighted by Gasteiger charge is 2.34. The van der Waals surface area contributed by atoms with Gasteiger partial charge in [-0.05, 0) is 42.5 Å². The lowest BCUT2D eigenvalue weighted by atomic mass is 10.1. The fourth-order valence-corrected chi connectivity index (χ4v) is 2.20. The number of benzene rings is 2. The number of anilines is 1. The SMILES string of the molecule is COc1ccc(OCCNC(=O)Nc2ccc(Cl)cc2C(F)(F)F)cc1. The molecule has 0 fully saturated rings. The van der Waals surface area contributed by atoms with Gasteiger partial charge in [0.05, 0.1) is 24.9 Å². The summed E-state index contributed by atoms with van der Waals surface area (Å²) in [5.74, 6) is 1.25. The summed E-state index contributed by atoms with van der Waals surface area (Å²) in [4.78, 5) is 11.8. The van der Waals surface area contributed by atoms with E-state index >= 15 is 0 Å². The lowest BCUT2D eigenvalue weighted by Crippen LogP contribution is -2.32. The van der Waals surface area contributed by atoms with Crippen LogP contribution in [0.5, 0.6) is 11.5 Å². The lowest BCUT2D eigenvalue weighted by Gasteiger charge is -2.14. The van der Waals surface area contributed by atoms with Gasteiger partial charge in [-0.1, -0.05) is 11.6 Å². The number of methoxy groups -OCH3 is 1. The third-order valence-electron chi connectivity index (χ3n) is 3.25. The van der Waals surface area contributed by atoms with Crippen molar-refractivity contribution in [3.8, 4) is 11.5 Å². The summed E-state index contributed by atoms with van der Waals surface area (Å²) in [5.41, 5.74) is -1.40. The minimum absolute atomic E-state index is 0.0730. The number of halogens is 4. The highest BCUT2D eigenvalue weighted by molar-refractivity contribution is 6.30. The van der Waals surface area contributed by atoms with Crippen LogP contribution in [0.25, 0.3) is 0 Å². The molecular formula is C17H16ClF3N2O3. The van der Waals surface area contributed by atoms with Crippen LogP contribution in [-0.2, 0) is 6.18 Å². The molecular weight excluding hydrogens is 373 g/mol. The minimum atomic E-state index is -4.63. The van der Waals surface area contributed by atoms with Crippen LogP contribution in [0.4, 0.5) is 23.7 Å². The minimum Gasteiger partial charge on any atom is -0.497 e. The predicted molar refractivity (Wildman–Crippen MR) is 92.0 cm³/mol. The number of nitrogens with one attached hydrogen (secondary N) is 2. The monoisotopic (exact) mass is 388 g/mol. The molecule has 0 bridgehead atoms. The van der Waals surface area contributed by atoms with E-state index in [0.29, 0.717) is 11.5 Å². The Morgan fingerprint density at radius 1 is 1.12 bits per heavy atom. The Bertz CT molecular complexity index is 752. The molecule has 2 aromatic rings. The van der Waals surface area contributed by atoms with Crippen LogP contribution in [-0.4, -0.2) is 26.3 Å². The molecule has 0 heterocycles. The van der Waals surface area contributed by atoms with Crippen molar-refractivity contribution in [1.82, 2.24) is 5.32 Å². The highest BCUT2D eigenvalue weighted by atomic mass is 35.5. The summed E-state index contributed by atoms with van der Waals surface area (Å²) in [7, 11) is 1.54. The molecule has 9 heteroatoms. The van der Waals surface area contributed by atoms with Gasteiger partial charge < -0.3 is 20.1 Å². The van der Waals surface area contributed by atoms with Gasteiger partial charge in [0, 0.05) is 5.02 Å². The molecule has 0 spiro atoms. The summed E-state index contributed by atoms with van der Waals surface area (Å²) in [5, 5.41) is 4.50. The number of alkyl halides is 3. The number of rotatable bonds is 6. The van der Waals surface area contributed by atoms with Crippen molar-refractivity contribution in [2.75, 3.05) is 25.6 Å². The zero-order valence-corrected chi connectivity index (χ0v) is 14.4. The Morgan fingerprint density at radius 3 is 2.38 bits per heavy atom. The van der Waals surface area contributed by atoms with Crippen LogP contribution >= 0.6 is 11.6 Å². The Morgan fingerprint density at radius 2 is 1.77 bits per heavy atom. The van der Waals surface area contributed by atoms with Crippen LogP contribution in [0, 0.1) is 0 Å². The van der Waals surface area contributed by atoms with Gasteiger partial charge >= 0.3 is 12.2 Å². The Hall–Kier alpha value is -2.61. The smallest absolute Gasteiger partial charge is 0.418 e. The standard InChI is InChI=1S/C17H16ClF3N2O3/c1-25-12-3-5-13(6-4-12)26-9-8-22-16(24)23-15-7-2-11(18)10-14(15)17(19,20)21/h2-7,10H,8-9H2,1H3,(H2,22,23,24). The summed E-state index contributed by atoms with van der Waals surface area (Å²) < 4.78 is 49.3. The van der Waals surface area contributed by atoms with Gasteiger partial charge in [-0.3, -0.25) is 0 Å². The third kappa shape index (κ3) is 5.73. The van der Waals surface area contributed by atoms with E-state index in [9.17, 15) is 18.0 Å². The largest absolute Gasteiger partial charge is 0.497 e. The molecule has 2 N–H and O–H groups in total. The second-order valence-corrected chi connectivity index (χ2v) is 5.53. The Labute approximate surface area is 153 Å². The predicted octanol–water partition coefficient (Wildman–Crippen LogP) is 4.57. The van der Waals surface area contributed by atoms with Crippen LogP contribution in [0.3, 0.4) is 0 Å². The maximum atomic E-state index is 13.0. The molecule has 5 nitrogen and oxygen atoms in total. The van der Waals surface area contributed by atoms with Gasteiger partial charge in [-0.2, -0.15) is 13.2 Å². The van der Waals surface area contributed by atoms with Crippen molar-refractivity contribution in [1.29, 1.82) is 0 Å². The van der Waals surface area contributed by atoms with Crippen molar-refractivity contribution in [3.63, 3.8) is 0 Å². The number of hydrogen-bond acceptors (Lipinski definition) is 3. The number of urea groups is 1. The topological polar surface area (TPSA) is 59.6 Å². The van der Waals surface area contributed by atoms with Gasteiger partial charge in [0.2, 0.25) is 0 Å². The summed E-state index contributed by atoms with van der Waals surface area (Å²) in [6, 6.07) is 9.16. The zero-order chi connectivity index (χ0) is 19.2. The maximum Gasteiger partial charge on any atom is 0.418 e. The number of carbonyl (C=O) groups excluding carboxylic acids is 1. The van der Waals surface area contributed by atoms with Gasteiger partial charge in [0.15, 0.2) is 0 Å². The first-order valence-electron chi connectivity index (χ1n) is 7.48. The molecule has 0 aliphatic carbocycles. The fourth-order valence-electron chi connectivity index (χ4n) is 2.03. The summed E-state index contributed by atoms with van der Waals surface area (Å²) in [6.07, 6.45) is -4.63. The maximum absolute atomic E-state index is 13.0. The Kier molecular flexibility index (Phi) is 6.57. The first-order valence-corrected chi connectivity index (χ1v) is 7.86. The number of amides is 2. The third-order valence-corrected chi connectivity index (χ3v) is 3.49. The van der Waals surface area contributed by atoms with Crippen LogP contribution in [0.1, 0.15) is 5.56 Å². The molecule has 0 unspecified atom stereocenters. The lowest BCUT2D eigenvalue weighted by molar-refractivity contribution is -0.136. The molecule has 0 aliphatic rings. The van der Waals surface area contributed by atoms with Crippen LogP contribution in [0.15, 0.2) is 42.5 Å². The second kappa shape index (κ2) is 8.66. The molecule has 140 valence electrons. The number of hydrogen-bond donors (Lipinski definition) is 2. The van der Waals surface area contributed by atoms with E-state index < -0.39 is 17.8 Å². The van der Waals surface area contributed by atoms with E-state index in [0.717, 1.165) is 12.1 Å². The zero-order valence-electron chi connectivity index (χ0n) is 13.7. The molecule has 0 atom stereocenters. The van der Waals surface area contributed by atoms with Crippen molar-refractivity contribution in [2.45, 2.75) is 6.18 Å². The van der Waals surface area contributed by atoms with Crippen molar-refractivity contribution >= 4 is 23.3 Å².